The highest BCUT2D eigenvalue weighted by atomic mass is 16.5. The maximum atomic E-state index is 5.64. The van der Waals surface area contributed by atoms with Crippen LogP contribution < -0.4 is 5.32 Å². The predicted molar refractivity (Wildman–Crippen MR) is 71.5 cm³/mol. The van der Waals surface area contributed by atoms with Crippen molar-refractivity contribution in [2.75, 3.05) is 20.3 Å². The topological polar surface area (TPSA) is 21.3 Å². The number of benzene rings is 1. The van der Waals surface area contributed by atoms with Crippen LogP contribution in [0.5, 0.6) is 0 Å². The number of rotatable bonds is 3. The Bertz CT molecular complexity index is 375. The normalized spacial score (nSPS) is 21.7. The third-order valence-electron chi connectivity index (χ3n) is 3.88. The largest absolute Gasteiger partial charge is 0.379 e. The zero-order valence-corrected chi connectivity index (χ0v) is 11.1. The summed E-state index contributed by atoms with van der Waals surface area (Å²) in [5.74, 6) is 0.641. The molecule has 0 aromatic heterocycles. The summed E-state index contributed by atoms with van der Waals surface area (Å²) in [5.41, 5.74) is 4.32. The van der Waals surface area contributed by atoms with E-state index in [2.05, 4.69) is 37.4 Å². The second-order valence-electron chi connectivity index (χ2n) is 4.93. The van der Waals surface area contributed by atoms with Crippen molar-refractivity contribution < 1.29 is 4.74 Å². The molecule has 2 rings (SSSR count). The molecule has 0 aliphatic carbocycles. The molecule has 1 aromatic carbocycles. The Labute approximate surface area is 104 Å². The first-order valence-corrected chi connectivity index (χ1v) is 6.64. The van der Waals surface area contributed by atoms with Gasteiger partial charge in [0.25, 0.3) is 0 Å². The van der Waals surface area contributed by atoms with Crippen molar-refractivity contribution in [1.29, 1.82) is 0 Å². The SMILES string of the molecule is CCC(C)c1ccc2c(c1)C(NC)COCC2. The molecule has 0 bridgehead atoms. The molecule has 0 spiro atoms. The molecule has 2 unspecified atom stereocenters. The lowest BCUT2D eigenvalue weighted by molar-refractivity contribution is 0.123. The van der Waals surface area contributed by atoms with Crippen LogP contribution in [0.3, 0.4) is 0 Å². The van der Waals surface area contributed by atoms with E-state index in [0.717, 1.165) is 19.6 Å². The molecular formula is C15H23NO. The average Bonchev–Trinajstić information content (AvgIpc) is 2.58. The van der Waals surface area contributed by atoms with Gasteiger partial charge in [-0.25, -0.2) is 0 Å². The van der Waals surface area contributed by atoms with E-state index in [0.29, 0.717) is 12.0 Å². The molecule has 1 aromatic rings. The van der Waals surface area contributed by atoms with Crippen LogP contribution in [-0.4, -0.2) is 20.3 Å². The first-order valence-electron chi connectivity index (χ1n) is 6.64. The van der Waals surface area contributed by atoms with Gasteiger partial charge in [0.05, 0.1) is 19.3 Å². The zero-order valence-electron chi connectivity index (χ0n) is 11.1. The van der Waals surface area contributed by atoms with Gasteiger partial charge in [-0.15, -0.1) is 0 Å². The molecule has 1 aliphatic heterocycles. The highest BCUT2D eigenvalue weighted by molar-refractivity contribution is 5.36. The first-order chi connectivity index (χ1) is 8.26. The zero-order chi connectivity index (χ0) is 12.3. The van der Waals surface area contributed by atoms with E-state index in [9.17, 15) is 0 Å². The van der Waals surface area contributed by atoms with Crippen molar-refractivity contribution >= 4 is 0 Å². The lowest BCUT2D eigenvalue weighted by Crippen LogP contribution is -2.21. The molecule has 2 nitrogen and oxygen atoms in total. The molecular weight excluding hydrogens is 210 g/mol. The van der Waals surface area contributed by atoms with E-state index in [1.165, 1.54) is 23.1 Å². The summed E-state index contributed by atoms with van der Waals surface area (Å²) in [5, 5.41) is 3.36. The van der Waals surface area contributed by atoms with Gasteiger partial charge in [0.15, 0.2) is 0 Å². The molecule has 2 atom stereocenters. The van der Waals surface area contributed by atoms with Gasteiger partial charge in [-0.1, -0.05) is 32.0 Å². The third kappa shape index (κ3) is 2.70. The van der Waals surface area contributed by atoms with Gasteiger partial charge in [-0.05, 0) is 42.5 Å². The Morgan fingerprint density at radius 2 is 2.29 bits per heavy atom. The molecule has 1 N–H and O–H groups in total. The second kappa shape index (κ2) is 5.65. The van der Waals surface area contributed by atoms with E-state index in [4.69, 9.17) is 4.74 Å². The third-order valence-corrected chi connectivity index (χ3v) is 3.88. The second-order valence-corrected chi connectivity index (χ2v) is 4.93. The van der Waals surface area contributed by atoms with Gasteiger partial charge in [-0.2, -0.15) is 0 Å². The van der Waals surface area contributed by atoms with Gasteiger partial charge in [-0.3, -0.25) is 0 Å². The molecule has 17 heavy (non-hydrogen) atoms. The van der Waals surface area contributed by atoms with E-state index < -0.39 is 0 Å². The summed E-state index contributed by atoms with van der Waals surface area (Å²) in [7, 11) is 2.01. The van der Waals surface area contributed by atoms with Gasteiger partial charge >= 0.3 is 0 Å². The van der Waals surface area contributed by atoms with E-state index in [1.807, 2.05) is 7.05 Å². The first kappa shape index (κ1) is 12.6. The summed E-state index contributed by atoms with van der Waals surface area (Å²) in [4.78, 5) is 0. The fraction of sp³-hybridized carbons (Fsp3) is 0.600. The van der Waals surface area contributed by atoms with Crippen LogP contribution in [0.1, 0.15) is 48.9 Å². The number of ether oxygens (including phenoxy) is 1. The minimum Gasteiger partial charge on any atom is -0.379 e. The summed E-state index contributed by atoms with van der Waals surface area (Å²) in [6, 6.07) is 7.29. The van der Waals surface area contributed by atoms with Crippen LogP contribution in [0.2, 0.25) is 0 Å². The van der Waals surface area contributed by atoms with Crippen LogP contribution in [0, 0.1) is 0 Å². The predicted octanol–water partition coefficient (Wildman–Crippen LogP) is 3.03. The minimum absolute atomic E-state index is 0.344. The molecule has 1 heterocycles. The van der Waals surface area contributed by atoms with Crippen LogP contribution >= 0.6 is 0 Å². The van der Waals surface area contributed by atoms with Crippen molar-refractivity contribution in [3.05, 3.63) is 34.9 Å². The smallest absolute Gasteiger partial charge is 0.0661 e. The fourth-order valence-corrected chi connectivity index (χ4v) is 2.42. The number of nitrogens with one attached hydrogen (secondary N) is 1. The monoisotopic (exact) mass is 233 g/mol. The summed E-state index contributed by atoms with van der Waals surface area (Å²) in [6.45, 7) is 6.17. The summed E-state index contributed by atoms with van der Waals surface area (Å²) in [6.07, 6.45) is 2.23. The molecule has 94 valence electrons. The lowest BCUT2D eigenvalue weighted by Gasteiger charge is -2.19. The number of fused-ring (bicyclic) bond motifs is 1. The van der Waals surface area contributed by atoms with E-state index in [-0.39, 0.29) is 0 Å². The molecule has 1 aliphatic rings. The van der Waals surface area contributed by atoms with Crippen molar-refractivity contribution in [1.82, 2.24) is 5.32 Å². The summed E-state index contributed by atoms with van der Waals surface area (Å²) >= 11 is 0. The number of hydrogen-bond acceptors (Lipinski definition) is 2. The highest BCUT2D eigenvalue weighted by Crippen LogP contribution is 2.27. The number of hydrogen-bond donors (Lipinski definition) is 1. The molecule has 0 amide bonds. The van der Waals surface area contributed by atoms with Crippen molar-refractivity contribution in [2.45, 2.75) is 38.6 Å². The Morgan fingerprint density at radius 3 is 3.00 bits per heavy atom. The van der Waals surface area contributed by atoms with Gasteiger partial charge in [0.1, 0.15) is 0 Å². The van der Waals surface area contributed by atoms with Crippen LogP contribution in [0.4, 0.5) is 0 Å². The molecule has 2 heteroatoms. The average molecular weight is 233 g/mol. The van der Waals surface area contributed by atoms with Gasteiger partial charge < -0.3 is 10.1 Å². The maximum absolute atomic E-state index is 5.64. The fourth-order valence-electron chi connectivity index (χ4n) is 2.42. The standard InChI is InChI=1S/C15H23NO/c1-4-11(2)13-6-5-12-7-8-17-10-15(16-3)14(12)9-13/h5-6,9,11,15-16H,4,7-8,10H2,1-3H3. The highest BCUT2D eigenvalue weighted by Gasteiger charge is 2.18. The van der Waals surface area contributed by atoms with Crippen molar-refractivity contribution in [3.63, 3.8) is 0 Å². The lowest BCUT2D eigenvalue weighted by atomic mass is 9.91. The van der Waals surface area contributed by atoms with Crippen molar-refractivity contribution in [3.8, 4) is 0 Å². The van der Waals surface area contributed by atoms with Gasteiger partial charge in [0, 0.05) is 0 Å². The molecule has 0 saturated carbocycles. The van der Waals surface area contributed by atoms with E-state index >= 15 is 0 Å². The van der Waals surface area contributed by atoms with Crippen LogP contribution in [0.25, 0.3) is 0 Å². The quantitative estimate of drug-likeness (QED) is 0.866. The molecule has 0 saturated heterocycles. The Kier molecular flexibility index (Phi) is 4.19. The number of likely N-dealkylation sites (N-methyl/N-ethyl adjacent to an activating group) is 1. The summed E-state index contributed by atoms with van der Waals surface area (Å²) < 4.78 is 5.64. The maximum Gasteiger partial charge on any atom is 0.0661 e. The van der Waals surface area contributed by atoms with E-state index in [1.54, 1.807) is 0 Å². The molecule has 0 fully saturated rings. The Morgan fingerprint density at radius 1 is 1.47 bits per heavy atom. The van der Waals surface area contributed by atoms with Crippen molar-refractivity contribution in [2.24, 2.45) is 0 Å². The molecule has 0 radical (unpaired) electrons. The van der Waals surface area contributed by atoms with Crippen LogP contribution in [0.15, 0.2) is 18.2 Å². The van der Waals surface area contributed by atoms with Gasteiger partial charge in [0.2, 0.25) is 0 Å². The Balaban J connectivity index is 2.36. The van der Waals surface area contributed by atoms with Crippen LogP contribution in [-0.2, 0) is 11.2 Å². The minimum atomic E-state index is 0.344. The Hall–Kier alpha value is -0.860.